The van der Waals surface area contributed by atoms with Gasteiger partial charge >= 0.3 is 0 Å². The fourth-order valence-electron chi connectivity index (χ4n) is 1.57. The molecule has 1 fully saturated rings. The van der Waals surface area contributed by atoms with Gasteiger partial charge in [0.25, 0.3) is 5.91 Å². The highest BCUT2D eigenvalue weighted by atomic mass is 79.9. The first kappa shape index (κ1) is 12.9. The van der Waals surface area contributed by atoms with E-state index >= 15 is 0 Å². The molecule has 88 valence electrons. The summed E-state index contributed by atoms with van der Waals surface area (Å²) in [4.78, 5) is 11.9. The summed E-state index contributed by atoms with van der Waals surface area (Å²) in [6, 6.07) is 1.85. The second-order valence-electron chi connectivity index (χ2n) is 3.68. The number of thioether (sulfide) groups is 1. The van der Waals surface area contributed by atoms with E-state index in [1.165, 1.54) is 29.3 Å². The third-order valence-electron chi connectivity index (χ3n) is 2.48. The zero-order chi connectivity index (χ0) is 11.5. The van der Waals surface area contributed by atoms with Crippen molar-refractivity contribution in [3.63, 3.8) is 0 Å². The standard InChI is InChI=1S/C10H11Br2NOS2/c11-8-3-7(9(12)16-8)10(14)13-4-6-1-2-15-5-6/h3,6H,1-2,4-5H2,(H,13,14). The van der Waals surface area contributed by atoms with E-state index in [9.17, 15) is 4.79 Å². The number of halogens is 2. The Labute approximate surface area is 120 Å². The minimum atomic E-state index is 0.0192. The monoisotopic (exact) mass is 383 g/mol. The highest BCUT2D eigenvalue weighted by Crippen LogP contribution is 2.31. The largest absolute Gasteiger partial charge is 0.352 e. The molecule has 2 heterocycles. The van der Waals surface area contributed by atoms with Crippen molar-refractivity contribution in [2.75, 3.05) is 18.1 Å². The van der Waals surface area contributed by atoms with Crippen LogP contribution in [0.2, 0.25) is 0 Å². The van der Waals surface area contributed by atoms with Crippen molar-refractivity contribution >= 4 is 60.9 Å². The van der Waals surface area contributed by atoms with E-state index < -0.39 is 0 Å². The van der Waals surface area contributed by atoms with Crippen LogP contribution in [0.4, 0.5) is 0 Å². The molecule has 1 unspecified atom stereocenters. The summed E-state index contributed by atoms with van der Waals surface area (Å²) in [5.74, 6) is 3.07. The Morgan fingerprint density at radius 2 is 2.38 bits per heavy atom. The normalized spacial score (nSPS) is 20.0. The number of hydrogen-bond acceptors (Lipinski definition) is 3. The molecule has 2 rings (SSSR count). The maximum Gasteiger partial charge on any atom is 0.253 e. The lowest BCUT2D eigenvalue weighted by Crippen LogP contribution is -2.29. The van der Waals surface area contributed by atoms with Crippen molar-refractivity contribution in [2.24, 2.45) is 5.92 Å². The van der Waals surface area contributed by atoms with Crippen LogP contribution in [0.3, 0.4) is 0 Å². The van der Waals surface area contributed by atoms with Crippen molar-refractivity contribution in [2.45, 2.75) is 6.42 Å². The fourth-order valence-corrected chi connectivity index (χ4v) is 5.65. The SMILES string of the molecule is O=C(NCC1CCSC1)c1cc(Br)sc1Br. The molecule has 1 saturated heterocycles. The molecule has 1 N–H and O–H groups in total. The third kappa shape index (κ3) is 3.24. The van der Waals surface area contributed by atoms with Crippen molar-refractivity contribution in [1.29, 1.82) is 0 Å². The maximum absolute atomic E-state index is 11.9. The van der Waals surface area contributed by atoms with Gasteiger partial charge in [0.15, 0.2) is 0 Å². The van der Waals surface area contributed by atoms with Crippen molar-refractivity contribution < 1.29 is 4.79 Å². The van der Waals surface area contributed by atoms with E-state index in [1.54, 1.807) is 0 Å². The summed E-state index contributed by atoms with van der Waals surface area (Å²) in [5, 5.41) is 3.00. The van der Waals surface area contributed by atoms with Crippen LogP contribution < -0.4 is 5.32 Å². The number of carbonyl (C=O) groups is 1. The van der Waals surface area contributed by atoms with Gasteiger partial charge in [-0.2, -0.15) is 11.8 Å². The molecule has 0 aliphatic carbocycles. The van der Waals surface area contributed by atoms with E-state index in [0.29, 0.717) is 5.92 Å². The first-order chi connectivity index (χ1) is 7.66. The Morgan fingerprint density at radius 3 is 2.94 bits per heavy atom. The van der Waals surface area contributed by atoms with Crippen LogP contribution in [-0.4, -0.2) is 24.0 Å². The Morgan fingerprint density at radius 1 is 1.56 bits per heavy atom. The Bertz CT molecular complexity index is 388. The third-order valence-corrected chi connectivity index (χ3v) is 6.05. The minimum Gasteiger partial charge on any atom is -0.352 e. The quantitative estimate of drug-likeness (QED) is 0.859. The molecule has 1 atom stereocenters. The van der Waals surface area contributed by atoms with Gasteiger partial charge in [0, 0.05) is 6.54 Å². The number of thiophene rings is 1. The molecule has 1 aromatic rings. The lowest BCUT2D eigenvalue weighted by Gasteiger charge is -2.09. The molecule has 1 aliphatic rings. The van der Waals surface area contributed by atoms with E-state index in [2.05, 4.69) is 37.2 Å². The van der Waals surface area contributed by atoms with Crippen LogP contribution in [0.5, 0.6) is 0 Å². The Hall–Kier alpha value is 0.480. The minimum absolute atomic E-state index is 0.0192. The number of amides is 1. The highest BCUT2D eigenvalue weighted by Gasteiger charge is 2.18. The molecule has 1 aromatic heterocycles. The molecule has 1 amide bonds. The van der Waals surface area contributed by atoms with Gasteiger partial charge in [-0.1, -0.05) is 0 Å². The van der Waals surface area contributed by atoms with E-state index in [-0.39, 0.29) is 5.91 Å². The molecule has 0 bridgehead atoms. The van der Waals surface area contributed by atoms with Crippen LogP contribution >= 0.6 is 55.0 Å². The molecule has 0 spiro atoms. The number of hydrogen-bond donors (Lipinski definition) is 1. The van der Waals surface area contributed by atoms with E-state index in [4.69, 9.17) is 0 Å². The Kier molecular flexibility index (Phi) is 4.76. The fraction of sp³-hybridized carbons (Fsp3) is 0.500. The molecule has 0 radical (unpaired) electrons. The molecule has 6 heteroatoms. The van der Waals surface area contributed by atoms with Crippen LogP contribution in [-0.2, 0) is 0 Å². The molecular weight excluding hydrogens is 374 g/mol. The summed E-state index contributed by atoms with van der Waals surface area (Å²) in [5.41, 5.74) is 0.725. The second kappa shape index (κ2) is 5.89. The zero-order valence-corrected chi connectivity index (χ0v) is 13.3. The van der Waals surface area contributed by atoms with Crippen LogP contribution in [0.1, 0.15) is 16.8 Å². The second-order valence-corrected chi connectivity index (χ2v) is 8.58. The summed E-state index contributed by atoms with van der Waals surface area (Å²) in [6.07, 6.45) is 1.22. The lowest BCUT2D eigenvalue weighted by atomic mass is 10.1. The number of nitrogens with one attached hydrogen (secondary N) is 1. The average molecular weight is 385 g/mol. The van der Waals surface area contributed by atoms with Gasteiger partial charge in [0.1, 0.15) is 0 Å². The topological polar surface area (TPSA) is 29.1 Å². The zero-order valence-electron chi connectivity index (χ0n) is 8.46. The van der Waals surface area contributed by atoms with Crippen LogP contribution in [0.25, 0.3) is 0 Å². The summed E-state index contributed by atoms with van der Waals surface area (Å²) in [7, 11) is 0. The maximum atomic E-state index is 11.9. The lowest BCUT2D eigenvalue weighted by molar-refractivity contribution is 0.0948. The first-order valence-corrected chi connectivity index (χ1v) is 8.53. The highest BCUT2D eigenvalue weighted by molar-refractivity contribution is 9.12. The smallest absolute Gasteiger partial charge is 0.253 e. The average Bonchev–Trinajstić information content (AvgIpc) is 2.84. The number of carbonyl (C=O) groups excluding carboxylic acids is 1. The van der Waals surface area contributed by atoms with Crippen LogP contribution in [0, 0.1) is 5.92 Å². The first-order valence-electron chi connectivity index (χ1n) is 4.97. The van der Waals surface area contributed by atoms with Crippen molar-refractivity contribution in [3.8, 4) is 0 Å². The van der Waals surface area contributed by atoms with Gasteiger partial charge in [-0.15, -0.1) is 11.3 Å². The molecule has 1 aliphatic heterocycles. The van der Waals surface area contributed by atoms with Crippen LogP contribution in [0.15, 0.2) is 13.6 Å². The molecule has 0 saturated carbocycles. The van der Waals surface area contributed by atoms with Gasteiger partial charge in [-0.3, -0.25) is 4.79 Å². The van der Waals surface area contributed by atoms with Gasteiger partial charge in [-0.25, -0.2) is 0 Å². The summed E-state index contributed by atoms with van der Waals surface area (Å²) >= 11 is 10.3. The molecule has 0 aromatic carbocycles. The molecule has 16 heavy (non-hydrogen) atoms. The van der Waals surface area contributed by atoms with Gasteiger partial charge in [0.2, 0.25) is 0 Å². The number of rotatable bonds is 3. The molecular formula is C10H11Br2NOS2. The molecule has 2 nitrogen and oxygen atoms in total. The van der Waals surface area contributed by atoms with E-state index in [0.717, 1.165) is 19.7 Å². The van der Waals surface area contributed by atoms with E-state index in [1.807, 2.05) is 17.8 Å². The van der Waals surface area contributed by atoms with Gasteiger partial charge in [0.05, 0.1) is 13.1 Å². The van der Waals surface area contributed by atoms with Gasteiger partial charge < -0.3 is 5.32 Å². The Balaban J connectivity index is 1.90. The van der Waals surface area contributed by atoms with Gasteiger partial charge in [-0.05, 0) is 61.8 Å². The predicted molar refractivity (Wildman–Crippen MR) is 77.5 cm³/mol. The summed E-state index contributed by atoms with van der Waals surface area (Å²) in [6.45, 7) is 0.797. The van der Waals surface area contributed by atoms with Crippen molar-refractivity contribution in [1.82, 2.24) is 5.32 Å². The van der Waals surface area contributed by atoms with Crippen molar-refractivity contribution in [3.05, 3.63) is 19.2 Å². The summed E-state index contributed by atoms with van der Waals surface area (Å²) < 4.78 is 1.86. The predicted octanol–water partition coefficient (Wildman–Crippen LogP) is 3.76.